The summed E-state index contributed by atoms with van der Waals surface area (Å²) in [7, 11) is 1.60. The van der Waals surface area contributed by atoms with Crippen LogP contribution in [0, 0.1) is 0 Å². The minimum atomic E-state index is -0.767. The van der Waals surface area contributed by atoms with Crippen LogP contribution < -0.4 is 11.1 Å². The third kappa shape index (κ3) is 4.26. The molecular formula is C13H19N3O3. The van der Waals surface area contributed by atoms with Crippen molar-refractivity contribution >= 4 is 18.1 Å². The second-order valence-electron chi connectivity index (χ2n) is 3.98. The summed E-state index contributed by atoms with van der Waals surface area (Å²) in [5, 5.41) is 2.75. The number of rotatable bonds is 7. The molecule has 3 N–H and O–H groups in total. The van der Waals surface area contributed by atoms with Gasteiger partial charge >= 0.3 is 5.97 Å². The van der Waals surface area contributed by atoms with Crippen molar-refractivity contribution in [1.29, 1.82) is 0 Å². The van der Waals surface area contributed by atoms with Crippen molar-refractivity contribution in [3.8, 4) is 0 Å². The Morgan fingerprint density at radius 1 is 1.47 bits per heavy atom. The Morgan fingerprint density at radius 3 is 2.58 bits per heavy atom. The molecule has 0 saturated heterocycles. The Kier molecular flexibility index (Phi) is 5.81. The number of carbonyl (C=O) groups excluding carboxylic acids is 2. The van der Waals surface area contributed by atoms with E-state index in [0.29, 0.717) is 18.6 Å². The molecule has 1 rings (SSSR count). The van der Waals surface area contributed by atoms with E-state index in [0.717, 1.165) is 5.56 Å². The van der Waals surface area contributed by atoms with Gasteiger partial charge in [0.25, 0.3) is 0 Å². The van der Waals surface area contributed by atoms with Crippen molar-refractivity contribution in [2.75, 3.05) is 19.3 Å². The molecule has 0 saturated carbocycles. The average Bonchev–Trinajstić information content (AvgIpc) is 2.43. The van der Waals surface area contributed by atoms with E-state index >= 15 is 0 Å². The molecule has 1 aromatic rings. The van der Waals surface area contributed by atoms with Crippen LogP contribution in [0.4, 0.5) is 5.69 Å². The Labute approximate surface area is 112 Å². The first-order valence-electron chi connectivity index (χ1n) is 6.01. The highest BCUT2D eigenvalue weighted by molar-refractivity contribution is 5.77. The van der Waals surface area contributed by atoms with Gasteiger partial charge in [0, 0.05) is 12.2 Å². The van der Waals surface area contributed by atoms with Crippen LogP contribution in [-0.4, -0.2) is 37.0 Å². The molecule has 0 aliphatic carbocycles. The third-order valence-electron chi connectivity index (χ3n) is 2.69. The van der Waals surface area contributed by atoms with Crippen LogP contribution in [0.25, 0.3) is 0 Å². The smallest absolute Gasteiger partial charge is 0.344 e. The SMILES string of the molecule is CCN(C=O)C(NC)C(=O)OCc1ccc(N)cc1. The summed E-state index contributed by atoms with van der Waals surface area (Å²) in [5.41, 5.74) is 7.06. The van der Waals surface area contributed by atoms with Gasteiger partial charge < -0.3 is 15.4 Å². The second-order valence-corrected chi connectivity index (χ2v) is 3.98. The van der Waals surface area contributed by atoms with Crippen molar-refractivity contribution in [3.05, 3.63) is 29.8 Å². The zero-order valence-corrected chi connectivity index (χ0v) is 11.1. The maximum absolute atomic E-state index is 11.9. The van der Waals surface area contributed by atoms with Gasteiger partial charge in [-0.15, -0.1) is 0 Å². The summed E-state index contributed by atoms with van der Waals surface area (Å²) in [6.45, 7) is 2.35. The number of hydrogen-bond donors (Lipinski definition) is 2. The first-order chi connectivity index (χ1) is 9.12. The second kappa shape index (κ2) is 7.38. The number of hydrogen-bond acceptors (Lipinski definition) is 5. The van der Waals surface area contributed by atoms with E-state index in [1.807, 2.05) is 0 Å². The van der Waals surface area contributed by atoms with Gasteiger partial charge in [-0.1, -0.05) is 12.1 Å². The molecule has 1 amide bonds. The molecule has 6 nitrogen and oxygen atoms in total. The lowest BCUT2D eigenvalue weighted by Gasteiger charge is -2.24. The number of carbonyl (C=O) groups is 2. The summed E-state index contributed by atoms with van der Waals surface area (Å²) in [4.78, 5) is 24.0. The predicted octanol–water partition coefficient (Wildman–Crippen LogP) is 0.336. The maximum Gasteiger partial charge on any atom is 0.344 e. The van der Waals surface area contributed by atoms with Gasteiger partial charge in [-0.05, 0) is 31.7 Å². The Hall–Kier alpha value is -2.08. The van der Waals surface area contributed by atoms with Crippen LogP contribution >= 0.6 is 0 Å². The number of nitrogens with one attached hydrogen (secondary N) is 1. The topological polar surface area (TPSA) is 84.7 Å². The Morgan fingerprint density at radius 2 is 2.11 bits per heavy atom. The largest absolute Gasteiger partial charge is 0.458 e. The minimum absolute atomic E-state index is 0.147. The molecule has 1 atom stereocenters. The van der Waals surface area contributed by atoms with Gasteiger partial charge in [0.05, 0.1) is 0 Å². The van der Waals surface area contributed by atoms with Crippen molar-refractivity contribution < 1.29 is 14.3 Å². The minimum Gasteiger partial charge on any atom is -0.458 e. The van der Waals surface area contributed by atoms with Crippen LogP contribution in [0.3, 0.4) is 0 Å². The van der Waals surface area contributed by atoms with E-state index in [1.165, 1.54) is 4.90 Å². The monoisotopic (exact) mass is 265 g/mol. The van der Waals surface area contributed by atoms with Gasteiger partial charge in [0.1, 0.15) is 6.61 Å². The fraction of sp³-hybridized carbons (Fsp3) is 0.385. The lowest BCUT2D eigenvalue weighted by Crippen LogP contribution is -2.49. The number of nitrogens with two attached hydrogens (primary N) is 1. The molecule has 0 aliphatic rings. The number of likely N-dealkylation sites (N-methyl/N-ethyl adjacent to an activating group) is 2. The lowest BCUT2D eigenvalue weighted by atomic mass is 10.2. The lowest BCUT2D eigenvalue weighted by molar-refractivity contribution is -0.154. The Balaban J connectivity index is 2.57. The molecule has 0 aromatic heterocycles. The van der Waals surface area contributed by atoms with Crippen LogP contribution in [0.2, 0.25) is 0 Å². The number of esters is 1. The number of nitrogens with zero attached hydrogens (tertiary/aromatic N) is 1. The normalized spacial score (nSPS) is 11.7. The molecule has 1 unspecified atom stereocenters. The van der Waals surface area contributed by atoms with Gasteiger partial charge in [-0.3, -0.25) is 10.1 Å². The van der Waals surface area contributed by atoms with Gasteiger partial charge in [-0.25, -0.2) is 4.79 Å². The average molecular weight is 265 g/mol. The van der Waals surface area contributed by atoms with Crippen LogP contribution in [0.5, 0.6) is 0 Å². The van der Waals surface area contributed by atoms with Crippen molar-refractivity contribution in [1.82, 2.24) is 10.2 Å². The molecule has 0 radical (unpaired) electrons. The van der Waals surface area contributed by atoms with E-state index < -0.39 is 12.1 Å². The molecule has 0 fully saturated rings. The summed E-state index contributed by atoms with van der Waals surface area (Å²) in [5.74, 6) is -0.492. The number of benzene rings is 1. The summed E-state index contributed by atoms with van der Waals surface area (Å²) < 4.78 is 5.16. The molecule has 104 valence electrons. The Bertz CT molecular complexity index is 420. The molecule has 19 heavy (non-hydrogen) atoms. The predicted molar refractivity (Wildman–Crippen MR) is 71.9 cm³/mol. The van der Waals surface area contributed by atoms with E-state index in [4.69, 9.17) is 10.5 Å². The van der Waals surface area contributed by atoms with Crippen LogP contribution in [0.15, 0.2) is 24.3 Å². The highest BCUT2D eigenvalue weighted by Gasteiger charge is 2.23. The number of amides is 1. The summed E-state index contributed by atoms with van der Waals surface area (Å²) in [6, 6.07) is 7.05. The zero-order valence-electron chi connectivity index (χ0n) is 11.1. The molecular weight excluding hydrogens is 246 g/mol. The third-order valence-corrected chi connectivity index (χ3v) is 2.69. The van der Waals surface area contributed by atoms with Crippen molar-refractivity contribution in [3.63, 3.8) is 0 Å². The maximum atomic E-state index is 11.9. The number of ether oxygens (including phenoxy) is 1. The molecule has 1 aromatic carbocycles. The van der Waals surface area contributed by atoms with Crippen molar-refractivity contribution in [2.24, 2.45) is 0 Å². The first-order valence-corrected chi connectivity index (χ1v) is 6.01. The van der Waals surface area contributed by atoms with Crippen LogP contribution in [0.1, 0.15) is 12.5 Å². The molecule has 0 bridgehead atoms. The summed E-state index contributed by atoms with van der Waals surface area (Å²) >= 11 is 0. The fourth-order valence-corrected chi connectivity index (χ4v) is 1.58. The van der Waals surface area contributed by atoms with E-state index in [2.05, 4.69) is 5.32 Å². The molecule has 0 heterocycles. The van der Waals surface area contributed by atoms with Gasteiger partial charge in [-0.2, -0.15) is 0 Å². The highest BCUT2D eigenvalue weighted by Crippen LogP contribution is 2.07. The first kappa shape index (κ1) is 15.0. The number of anilines is 1. The van der Waals surface area contributed by atoms with E-state index in [9.17, 15) is 9.59 Å². The standard InChI is InChI=1S/C13H19N3O3/c1-3-16(9-17)12(15-2)13(18)19-8-10-4-6-11(14)7-5-10/h4-7,9,12,15H,3,8,14H2,1-2H3. The van der Waals surface area contributed by atoms with Gasteiger partial charge in [0.2, 0.25) is 6.41 Å². The van der Waals surface area contributed by atoms with Crippen LogP contribution in [-0.2, 0) is 20.9 Å². The van der Waals surface area contributed by atoms with E-state index in [-0.39, 0.29) is 6.61 Å². The van der Waals surface area contributed by atoms with Crippen molar-refractivity contribution in [2.45, 2.75) is 19.7 Å². The van der Waals surface area contributed by atoms with Gasteiger partial charge in [0.15, 0.2) is 6.17 Å². The molecule has 0 aliphatic heterocycles. The number of nitrogen functional groups attached to an aromatic ring is 1. The quantitative estimate of drug-likeness (QED) is 0.321. The molecule has 0 spiro atoms. The fourth-order valence-electron chi connectivity index (χ4n) is 1.58. The highest BCUT2D eigenvalue weighted by atomic mass is 16.5. The van der Waals surface area contributed by atoms with E-state index in [1.54, 1.807) is 38.2 Å². The zero-order chi connectivity index (χ0) is 14.3. The summed E-state index contributed by atoms with van der Waals surface area (Å²) in [6.07, 6.45) is -0.151. The molecule has 6 heteroatoms.